The number of hydrogen-bond donors (Lipinski definition) is 2. The maximum atomic E-state index is 12.0. The highest BCUT2D eigenvalue weighted by Crippen LogP contribution is 2.24. The highest BCUT2D eigenvalue weighted by molar-refractivity contribution is 7.18. The van der Waals surface area contributed by atoms with E-state index < -0.39 is 6.10 Å². The number of fused-ring (bicyclic) bond motifs is 1. The van der Waals surface area contributed by atoms with E-state index in [4.69, 9.17) is 4.74 Å². The molecule has 7 heteroatoms. The molecule has 1 atom stereocenters. The lowest BCUT2D eigenvalue weighted by molar-refractivity contribution is -0.128. The number of anilines is 1. The highest BCUT2D eigenvalue weighted by Gasteiger charge is 2.21. The van der Waals surface area contributed by atoms with E-state index >= 15 is 0 Å². The molecule has 2 N–H and O–H groups in total. The van der Waals surface area contributed by atoms with Crippen molar-refractivity contribution < 1.29 is 9.53 Å². The second-order valence-electron chi connectivity index (χ2n) is 4.47. The van der Waals surface area contributed by atoms with Gasteiger partial charge in [0.25, 0.3) is 5.91 Å². The molecule has 1 aliphatic heterocycles. The summed E-state index contributed by atoms with van der Waals surface area (Å²) in [6.07, 6.45) is -0.410. The van der Waals surface area contributed by atoms with E-state index in [9.17, 15) is 4.79 Å². The Hall–Kier alpha value is -1.21. The molecule has 0 aliphatic carbocycles. The van der Waals surface area contributed by atoms with Crippen molar-refractivity contribution in [2.45, 2.75) is 13.0 Å². The van der Waals surface area contributed by atoms with Gasteiger partial charge in [0.05, 0.1) is 21.8 Å². The largest absolute Gasteiger partial charge is 0.366 e. The Labute approximate surface area is 127 Å². The molecule has 20 heavy (non-hydrogen) atoms. The van der Waals surface area contributed by atoms with Gasteiger partial charge in [0, 0.05) is 18.8 Å². The fourth-order valence-electron chi connectivity index (χ4n) is 2.07. The molecule has 1 unspecified atom stereocenters. The standard InChI is InChI=1S/C13H15N3O2S.ClH/c1-8-15-10-3-2-9(6-12(10)19-8)16-13(17)11-7-14-4-5-18-11;/h2-3,6,11,14H,4-5,7H2,1H3,(H,16,17);1H. The summed E-state index contributed by atoms with van der Waals surface area (Å²) in [7, 11) is 0. The number of rotatable bonds is 2. The van der Waals surface area contributed by atoms with Gasteiger partial charge in [-0.15, -0.1) is 23.7 Å². The van der Waals surface area contributed by atoms with Gasteiger partial charge in [0.2, 0.25) is 0 Å². The van der Waals surface area contributed by atoms with E-state index in [-0.39, 0.29) is 18.3 Å². The number of morpholine rings is 1. The van der Waals surface area contributed by atoms with Crippen molar-refractivity contribution in [3.05, 3.63) is 23.2 Å². The number of halogens is 1. The minimum atomic E-state index is -0.410. The van der Waals surface area contributed by atoms with Crippen LogP contribution in [0.4, 0.5) is 5.69 Å². The number of aryl methyl sites for hydroxylation is 1. The molecule has 108 valence electrons. The number of aromatic nitrogens is 1. The van der Waals surface area contributed by atoms with Crippen LogP contribution in [0.15, 0.2) is 18.2 Å². The number of nitrogens with zero attached hydrogens (tertiary/aromatic N) is 1. The van der Waals surface area contributed by atoms with Crippen LogP contribution >= 0.6 is 23.7 Å². The minimum Gasteiger partial charge on any atom is -0.366 e. The monoisotopic (exact) mass is 313 g/mol. The number of ether oxygens (including phenoxy) is 1. The van der Waals surface area contributed by atoms with Gasteiger partial charge in [0.1, 0.15) is 6.10 Å². The fraction of sp³-hybridized carbons (Fsp3) is 0.385. The quantitative estimate of drug-likeness (QED) is 0.889. The predicted octanol–water partition coefficient (Wildman–Crippen LogP) is 1.95. The van der Waals surface area contributed by atoms with E-state index in [1.54, 1.807) is 11.3 Å². The molecule has 5 nitrogen and oxygen atoms in total. The summed E-state index contributed by atoms with van der Waals surface area (Å²) in [5, 5.41) is 7.05. The first-order valence-electron chi connectivity index (χ1n) is 6.23. The first kappa shape index (κ1) is 15.2. The number of thiazole rings is 1. The molecule has 0 spiro atoms. The van der Waals surface area contributed by atoms with Gasteiger partial charge in [-0.1, -0.05) is 0 Å². The van der Waals surface area contributed by atoms with E-state index in [0.29, 0.717) is 13.2 Å². The van der Waals surface area contributed by atoms with Crippen LogP contribution in [0.3, 0.4) is 0 Å². The number of nitrogens with one attached hydrogen (secondary N) is 2. The molecule has 2 aromatic rings. The molecule has 0 radical (unpaired) electrons. The fourth-order valence-corrected chi connectivity index (χ4v) is 2.94. The van der Waals surface area contributed by atoms with E-state index in [0.717, 1.165) is 27.5 Å². The summed E-state index contributed by atoms with van der Waals surface area (Å²) in [4.78, 5) is 16.4. The first-order chi connectivity index (χ1) is 9.22. The predicted molar refractivity (Wildman–Crippen MR) is 82.8 cm³/mol. The van der Waals surface area contributed by atoms with Gasteiger partial charge in [-0.25, -0.2) is 4.98 Å². The topological polar surface area (TPSA) is 63.2 Å². The lowest BCUT2D eigenvalue weighted by Gasteiger charge is -2.22. The molecule has 3 rings (SSSR count). The van der Waals surface area contributed by atoms with E-state index in [2.05, 4.69) is 15.6 Å². The van der Waals surface area contributed by atoms with Crippen LogP contribution in [-0.2, 0) is 9.53 Å². The lowest BCUT2D eigenvalue weighted by atomic mass is 10.2. The third-order valence-corrected chi connectivity index (χ3v) is 3.92. The Morgan fingerprint density at radius 2 is 2.40 bits per heavy atom. The maximum absolute atomic E-state index is 12.0. The van der Waals surface area contributed by atoms with Crippen LogP contribution in [0.25, 0.3) is 10.2 Å². The number of carbonyl (C=O) groups excluding carboxylic acids is 1. The van der Waals surface area contributed by atoms with Crippen molar-refractivity contribution in [3.63, 3.8) is 0 Å². The highest BCUT2D eigenvalue weighted by atomic mass is 35.5. The Morgan fingerprint density at radius 1 is 1.55 bits per heavy atom. The molecule has 1 aromatic heterocycles. The second-order valence-corrected chi connectivity index (χ2v) is 5.70. The van der Waals surface area contributed by atoms with Crippen molar-refractivity contribution in [2.75, 3.05) is 25.0 Å². The van der Waals surface area contributed by atoms with Crippen molar-refractivity contribution in [2.24, 2.45) is 0 Å². The number of benzene rings is 1. The summed E-state index contributed by atoms with van der Waals surface area (Å²) in [5.41, 5.74) is 1.76. The van der Waals surface area contributed by atoms with Gasteiger partial charge in [-0.2, -0.15) is 0 Å². The molecule has 0 saturated carbocycles. The zero-order chi connectivity index (χ0) is 13.2. The maximum Gasteiger partial charge on any atom is 0.254 e. The van der Waals surface area contributed by atoms with Crippen molar-refractivity contribution in [1.82, 2.24) is 10.3 Å². The zero-order valence-corrected chi connectivity index (χ0v) is 12.6. The van der Waals surface area contributed by atoms with Crippen LogP contribution in [0.5, 0.6) is 0 Å². The summed E-state index contributed by atoms with van der Waals surface area (Å²) in [6.45, 7) is 3.92. The van der Waals surface area contributed by atoms with Crippen molar-refractivity contribution in [1.29, 1.82) is 0 Å². The number of carbonyl (C=O) groups is 1. The average Bonchev–Trinajstić information content (AvgIpc) is 2.79. The number of amides is 1. The summed E-state index contributed by atoms with van der Waals surface area (Å²) < 4.78 is 6.50. The second kappa shape index (κ2) is 6.49. The summed E-state index contributed by atoms with van der Waals surface area (Å²) in [6, 6.07) is 5.75. The molecular weight excluding hydrogens is 298 g/mol. The Morgan fingerprint density at radius 3 is 3.15 bits per heavy atom. The van der Waals surface area contributed by atoms with Gasteiger partial charge in [-0.05, 0) is 25.1 Å². The molecule has 1 aromatic carbocycles. The van der Waals surface area contributed by atoms with Gasteiger partial charge in [-0.3, -0.25) is 4.79 Å². The average molecular weight is 314 g/mol. The molecule has 1 fully saturated rings. The van der Waals surface area contributed by atoms with Crippen molar-refractivity contribution in [3.8, 4) is 0 Å². The van der Waals surface area contributed by atoms with Crippen LogP contribution in [0.1, 0.15) is 5.01 Å². The molecular formula is C13H16ClN3O2S. The lowest BCUT2D eigenvalue weighted by Crippen LogP contribution is -2.45. The summed E-state index contributed by atoms with van der Waals surface area (Å²) >= 11 is 1.62. The number of hydrogen-bond acceptors (Lipinski definition) is 5. The molecule has 1 aliphatic rings. The van der Waals surface area contributed by atoms with Crippen LogP contribution < -0.4 is 10.6 Å². The van der Waals surface area contributed by atoms with Gasteiger partial charge < -0.3 is 15.4 Å². The van der Waals surface area contributed by atoms with Crippen LogP contribution in [0, 0.1) is 6.92 Å². The zero-order valence-electron chi connectivity index (χ0n) is 11.0. The summed E-state index contributed by atoms with van der Waals surface area (Å²) in [5.74, 6) is -0.104. The van der Waals surface area contributed by atoms with Gasteiger partial charge >= 0.3 is 0 Å². The first-order valence-corrected chi connectivity index (χ1v) is 7.04. The molecule has 1 saturated heterocycles. The third-order valence-electron chi connectivity index (χ3n) is 2.98. The van der Waals surface area contributed by atoms with E-state index in [1.165, 1.54) is 0 Å². The molecule has 2 heterocycles. The normalized spacial score (nSPS) is 18.6. The minimum absolute atomic E-state index is 0. The SMILES string of the molecule is Cc1nc2ccc(NC(=O)C3CNCCO3)cc2s1.Cl. The molecule has 0 bridgehead atoms. The Kier molecular flexibility index (Phi) is 4.93. The van der Waals surface area contributed by atoms with Gasteiger partial charge in [0.15, 0.2) is 0 Å². The van der Waals surface area contributed by atoms with Crippen LogP contribution in [-0.4, -0.2) is 36.7 Å². The van der Waals surface area contributed by atoms with Crippen LogP contribution in [0.2, 0.25) is 0 Å². The van der Waals surface area contributed by atoms with Crippen molar-refractivity contribution >= 4 is 45.6 Å². The Bertz CT molecular complexity index is 611. The van der Waals surface area contributed by atoms with E-state index in [1.807, 2.05) is 25.1 Å². The third kappa shape index (κ3) is 3.27. The molecule has 1 amide bonds. The smallest absolute Gasteiger partial charge is 0.254 e. The Balaban J connectivity index is 0.00000147.